The van der Waals surface area contributed by atoms with Crippen molar-refractivity contribution in [2.75, 3.05) is 0 Å². The molecule has 2 fully saturated rings. The van der Waals surface area contributed by atoms with E-state index >= 15 is 0 Å². The zero-order valence-electron chi connectivity index (χ0n) is 15.7. The smallest absolute Gasteiger partial charge is 0.0203 e. The first kappa shape index (κ1) is 18.6. The van der Waals surface area contributed by atoms with Gasteiger partial charge in [-0.05, 0) is 82.0 Å². The summed E-state index contributed by atoms with van der Waals surface area (Å²) in [5, 5.41) is 0. The Morgan fingerprint density at radius 1 is 0.826 bits per heavy atom. The molecule has 0 heterocycles. The fraction of sp³-hybridized carbons (Fsp3) is 0.826. The van der Waals surface area contributed by atoms with Crippen molar-refractivity contribution in [2.45, 2.75) is 97.3 Å². The molecule has 0 aromatic rings. The first-order valence-electron chi connectivity index (χ1n) is 10.5. The Labute approximate surface area is 145 Å². The lowest BCUT2D eigenvalue weighted by atomic mass is 9.69. The van der Waals surface area contributed by atoms with Crippen LogP contribution in [0.3, 0.4) is 0 Å². The summed E-state index contributed by atoms with van der Waals surface area (Å²) in [4.78, 5) is 0. The second kappa shape index (κ2) is 11.0. The molecule has 0 saturated heterocycles. The van der Waals surface area contributed by atoms with Gasteiger partial charge in [0.15, 0.2) is 0 Å². The van der Waals surface area contributed by atoms with Crippen molar-refractivity contribution >= 4 is 0 Å². The number of allylic oxidation sites excluding steroid dienone is 2. The van der Waals surface area contributed by atoms with E-state index in [0.717, 1.165) is 30.1 Å². The highest BCUT2D eigenvalue weighted by atomic mass is 14.3. The van der Waals surface area contributed by atoms with Crippen molar-refractivity contribution in [3.05, 3.63) is 12.2 Å². The van der Waals surface area contributed by atoms with Gasteiger partial charge < -0.3 is 0 Å². The van der Waals surface area contributed by atoms with Gasteiger partial charge in [-0.1, -0.05) is 44.8 Å². The zero-order valence-corrected chi connectivity index (χ0v) is 15.7. The standard InChI is InChI=1S/C23H38/c1-3-5-7-9-11-21-14-18-23(19-15-21)22-16-12-20(13-17-22)10-8-6-4-2/h8,10,20-23H,3-7,12-19H2,1-2H3. The van der Waals surface area contributed by atoms with E-state index in [4.69, 9.17) is 0 Å². The Morgan fingerprint density at radius 2 is 1.48 bits per heavy atom. The summed E-state index contributed by atoms with van der Waals surface area (Å²) in [5.41, 5.74) is 0. The Kier molecular flexibility index (Phi) is 8.88. The molecule has 2 rings (SSSR count). The molecule has 2 aliphatic rings. The molecular formula is C23H38. The predicted octanol–water partition coefficient (Wildman–Crippen LogP) is 7.15. The summed E-state index contributed by atoms with van der Waals surface area (Å²) < 4.78 is 0. The van der Waals surface area contributed by atoms with Gasteiger partial charge in [-0.3, -0.25) is 0 Å². The summed E-state index contributed by atoms with van der Waals surface area (Å²) in [7, 11) is 0. The maximum Gasteiger partial charge on any atom is 0.0203 e. The molecule has 0 spiro atoms. The molecule has 0 aromatic heterocycles. The van der Waals surface area contributed by atoms with Crippen LogP contribution in [-0.4, -0.2) is 0 Å². The van der Waals surface area contributed by atoms with E-state index in [1.807, 2.05) is 0 Å². The zero-order chi connectivity index (χ0) is 16.3. The van der Waals surface area contributed by atoms with Crippen molar-refractivity contribution in [3.8, 4) is 11.8 Å². The molecule has 0 N–H and O–H groups in total. The minimum Gasteiger partial charge on any atom is -0.103 e. The third-order valence-corrected chi connectivity index (χ3v) is 6.08. The lowest BCUT2D eigenvalue weighted by molar-refractivity contribution is 0.168. The molecule has 0 aromatic carbocycles. The van der Waals surface area contributed by atoms with Gasteiger partial charge in [-0.2, -0.15) is 0 Å². The van der Waals surface area contributed by atoms with Crippen LogP contribution in [0.2, 0.25) is 0 Å². The first-order chi connectivity index (χ1) is 11.3. The van der Waals surface area contributed by atoms with Crippen LogP contribution in [0.15, 0.2) is 12.2 Å². The Balaban J connectivity index is 1.65. The van der Waals surface area contributed by atoms with Crippen LogP contribution in [0.1, 0.15) is 97.3 Å². The molecule has 130 valence electrons. The number of hydrogen-bond donors (Lipinski definition) is 0. The molecule has 2 aliphatic carbocycles. The van der Waals surface area contributed by atoms with E-state index in [1.165, 1.54) is 77.0 Å². The molecule has 0 amide bonds. The van der Waals surface area contributed by atoms with Gasteiger partial charge in [0, 0.05) is 12.3 Å². The fourth-order valence-electron chi connectivity index (χ4n) is 4.48. The Bertz CT molecular complexity index is 378. The maximum absolute atomic E-state index is 3.56. The molecule has 23 heavy (non-hydrogen) atoms. The van der Waals surface area contributed by atoms with Gasteiger partial charge >= 0.3 is 0 Å². The van der Waals surface area contributed by atoms with Crippen LogP contribution < -0.4 is 0 Å². The van der Waals surface area contributed by atoms with Gasteiger partial charge in [0.05, 0.1) is 0 Å². The molecule has 0 unspecified atom stereocenters. The molecule has 0 bridgehead atoms. The van der Waals surface area contributed by atoms with Crippen LogP contribution >= 0.6 is 0 Å². The van der Waals surface area contributed by atoms with E-state index < -0.39 is 0 Å². The summed E-state index contributed by atoms with van der Waals surface area (Å²) in [5.74, 6) is 10.6. The first-order valence-corrected chi connectivity index (χ1v) is 10.5. The average molecular weight is 315 g/mol. The second-order valence-electron chi connectivity index (χ2n) is 7.93. The van der Waals surface area contributed by atoms with E-state index in [2.05, 4.69) is 37.8 Å². The van der Waals surface area contributed by atoms with Gasteiger partial charge in [0.25, 0.3) is 0 Å². The minimum absolute atomic E-state index is 0.719. The van der Waals surface area contributed by atoms with E-state index in [-0.39, 0.29) is 0 Å². The van der Waals surface area contributed by atoms with Gasteiger partial charge in [0.2, 0.25) is 0 Å². The molecule has 2 saturated carbocycles. The third-order valence-electron chi connectivity index (χ3n) is 6.08. The number of rotatable bonds is 6. The van der Waals surface area contributed by atoms with E-state index in [1.54, 1.807) is 0 Å². The fourth-order valence-corrected chi connectivity index (χ4v) is 4.48. The van der Waals surface area contributed by atoms with Crippen molar-refractivity contribution in [1.29, 1.82) is 0 Å². The highest BCUT2D eigenvalue weighted by molar-refractivity contribution is 5.05. The normalized spacial score (nSPS) is 31.7. The lowest BCUT2D eigenvalue weighted by Crippen LogP contribution is -2.25. The Hall–Kier alpha value is -0.700. The predicted molar refractivity (Wildman–Crippen MR) is 102 cm³/mol. The van der Waals surface area contributed by atoms with E-state index in [9.17, 15) is 0 Å². The molecule has 0 atom stereocenters. The van der Waals surface area contributed by atoms with Crippen molar-refractivity contribution in [2.24, 2.45) is 23.7 Å². The molecular weight excluding hydrogens is 276 g/mol. The highest BCUT2D eigenvalue weighted by Gasteiger charge is 2.29. The summed E-state index contributed by atoms with van der Waals surface area (Å²) in [6, 6.07) is 0. The average Bonchev–Trinajstić information content (AvgIpc) is 2.60. The van der Waals surface area contributed by atoms with Crippen molar-refractivity contribution < 1.29 is 0 Å². The molecule has 0 nitrogen and oxygen atoms in total. The van der Waals surface area contributed by atoms with Crippen LogP contribution in [-0.2, 0) is 0 Å². The summed E-state index contributed by atoms with van der Waals surface area (Å²) in [6.45, 7) is 4.52. The Morgan fingerprint density at radius 3 is 2.09 bits per heavy atom. The topological polar surface area (TPSA) is 0 Å². The number of hydrogen-bond acceptors (Lipinski definition) is 0. The number of unbranched alkanes of at least 4 members (excludes halogenated alkanes) is 3. The SMILES string of the molecule is CCCC=CC1CCC(C2CCC(C#CCCCC)CC2)CC1. The molecule has 0 heteroatoms. The van der Waals surface area contributed by atoms with Gasteiger partial charge in [-0.15, -0.1) is 5.92 Å². The molecule has 0 aliphatic heterocycles. The monoisotopic (exact) mass is 314 g/mol. The second-order valence-corrected chi connectivity index (χ2v) is 7.93. The van der Waals surface area contributed by atoms with Gasteiger partial charge in [0.1, 0.15) is 0 Å². The lowest BCUT2D eigenvalue weighted by Gasteiger charge is -2.36. The molecule has 0 radical (unpaired) electrons. The quantitative estimate of drug-likeness (QED) is 0.277. The largest absolute Gasteiger partial charge is 0.103 e. The van der Waals surface area contributed by atoms with Crippen LogP contribution in [0.5, 0.6) is 0 Å². The minimum atomic E-state index is 0.719. The van der Waals surface area contributed by atoms with Crippen LogP contribution in [0.25, 0.3) is 0 Å². The van der Waals surface area contributed by atoms with Gasteiger partial charge in [-0.25, -0.2) is 0 Å². The summed E-state index contributed by atoms with van der Waals surface area (Å²) in [6.07, 6.45) is 22.7. The summed E-state index contributed by atoms with van der Waals surface area (Å²) >= 11 is 0. The van der Waals surface area contributed by atoms with Crippen molar-refractivity contribution in [3.63, 3.8) is 0 Å². The van der Waals surface area contributed by atoms with Crippen molar-refractivity contribution in [1.82, 2.24) is 0 Å². The van der Waals surface area contributed by atoms with Crippen LogP contribution in [0, 0.1) is 35.5 Å². The highest BCUT2D eigenvalue weighted by Crippen LogP contribution is 2.41. The maximum atomic E-state index is 3.56. The van der Waals surface area contributed by atoms with E-state index in [0.29, 0.717) is 0 Å². The third kappa shape index (κ3) is 6.74. The van der Waals surface area contributed by atoms with Crippen LogP contribution in [0.4, 0.5) is 0 Å².